The van der Waals surface area contributed by atoms with Gasteiger partial charge in [0.25, 0.3) is 11.6 Å². The molecule has 0 aliphatic rings. The van der Waals surface area contributed by atoms with Crippen LogP contribution in [0.5, 0.6) is 0 Å². The fraction of sp³-hybridized carbons (Fsp3) is 0.0833. The van der Waals surface area contributed by atoms with Gasteiger partial charge in [-0.05, 0) is 12.1 Å². The van der Waals surface area contributed by atoms with E-state index in [0.717, 1.165) is 17.5 Å². The Balaban J connectivity index is 2.71. The third-order valence-corrected chi connectivity index (χ3v) is 3.39. The summed E-state index contributed by atoms with van der Waals surface area (Å²) in [6.07, 6.45) is 0. The summed E-state index contributed by atoms with van der Waals surface area (Å²) >= 11 is 0.501. The fourth-order valence-electron chi connectivity index (χ4n) is 1.73. The predicted octanol–water partition coefficient (Wildman–Crippen LogP) is 2.96. The van der Waals surface area contributed by atoms with Crippen LogP contribution in [0.2, 0.25) is 0 Å². The molecule has 0 saturated carbocycles. The summed E-state index contributed by atoms with van der Waals surface area (Å²) in [6.45, 7) is 0. The second-order valence-corrected chi connectivity index (χ2v) is 4.63. The lowest BCUT2D eigenvalue weighted by atomic mass is 10.0. The molecule has 0 unspecified atom stereocenters. The highest BCUT2D eigenvalue weighted by Crippen LogP contribution is 2.36. The number of benzene rings is 1. The first-order chi connectivity index (χ1) is 9.45. The number of nitrogens with one attached hydrogen (secondary N) is 1. The highest BCUT2D eigenvalue weighted by molar-refractivity contribution is 7.08. The van der Waals surface area contributed by atoms with Crippen molar-refractivity contribution in [1.29, 1.82) is 0 Å². The topological polar surface area (TPSA) is 72.2 Å². The van der Waals surface area contributed by atoms with Crippen LogP contribution in [0.25, 0.3) is 11.1 Å². The quantitative estimate of drug-likeness (QED) is 0.699. The molecule has 104 valence electrons. The molecule has 2 aromatic rings. The maximum Gasteiger partial charge on any atom is 0.277 e. The zero-order valence-corrected chi connectivity index (χ0v) is 11.0. The van der Waals surface area contributed by atoms with Crippen LogP contribution >= 0.6 is 11.3 Å². The largest absolute Gasteiger partial charge is 0.355 e. The fourth-order valence-corrected chi connectivity index (χ4v) is 2.38. The molecule has 1 amide bonds. The van der Waals surface area contributed by atoms with E-state index >= 15 is 0 Å². The van der Waals surface area contributed by atoms with Crippen molar-refractivity contribution in [2.45, 2.75) is 0 Å². The minimum Gasteiger partial charge on any atom is -0.355 e. The van der Waals surface area contributed by atoms with Gasteiger partial charge in [0.15, 0.2) is 5.13 Å². The van der Waals surface area contributed by atoms with E-state index in [-0.39, 0.29) is 11.1 Å². The van der Waals surface area contributed by atoms with Gasteiger partial charge < -0.3 is 5.32 Å². The maximum atomic E-state index is 13.6. The van der Waals surface area contributed by atoms with Crippen molar-refractivity contribution in [3.05, 3.63) is 50.2 Å². The summed E-state index contributed by atoms with van der Waals surface area (Å²) in [5, 5.41) is 13.3. The van der Waals surface area contributed by atoms with Crippen LogP contribution in [0.3, 0.4) is 0 Å². The summed E-state index contributed by atoms with van der Waals surface area (Å²) in [5.74, 6) is -1.40. The Kier molecular flexibility index (Phi) is 3.75. The number of hydrogen-bond acceptors (Lipinski definition) is 4. The molecule has 0 bridgehead atoms. The molecule has 1 heterocycles. The van der Waals surface area contributed by atoms with Crippen molar-refractivity contribution in [2.75, 3.05) is 7.05 Å². The van der Waals surface area contributed by atoms with Crippen LogP contribution in [0.1, 0.15) is 10.4 Å². The SMILES string of the molecule is CNC(=O)c1ccc([N+](=O)[O-])c(-c2c(F)csc2F)c1. The van der Waals surface area contributed by atoms with Crippen LogP contribution in [0.4, 0.5) is 14.5 Å². The Bertz CT molecular complexity index is 681. The number of nitro benzene ring substituents is 1. The van der Waals surface area contributed by atoms with Crippen LogP contribution in [0, 0.1) is 21.1 Å². The molecule has 0 saturated heterocycles. The van der Waals surface area contributed by atoms with Crippen molar-refractivity contribution in [1.82, 2.24) is 5.32 Å². The van der Waals surface area contributed by atoms with Gasteiger partial charge in [-0.15, -0.1) is 11.3 Å². The summed E-state index contributed by atoms with van der Waals surface area (Å²) in [4.78, 5) is 21.7. The van der Waals surface area contributed by atoms with Crippen molar-refractivity contribution >= 4 is 22.9 Å². The molecule has 8 heteroatoms. The molecule has 1 aromatic heterocycles. The second-order valence-electron chi connectivity index (χ2n) is 3.80. The molecule has 0 atom stereocenters. The minimum absolute atomic E-state index is 0.0816. The average molecular weight is 298 g/mol. The predicted molar refractivity (Wildman–Crippen MR) is 69.7 cm³/mol. The number of carbonyl (C=O) groups is 1. The average Bonchev–Trinajstić information content (AvgIpc) is 2.76. The first kappa shape index (κ1) is 14.1. The Morgan fingerprint density at radius 1 is 1.40 bits per heavy atom. The summed E-state index contributed by atoms with van der Waals surface area (Å²) in [7, 11) is 1.38. The van der Waals surface area contributed by atoms with E-state index in [9.17, 15) is 23.7 Å². The molecule has 0 aliphatic heterocycles. The third kappa shape index (κ3) is 2.37. The number of halogens is 2. The molecule has 20 heavy (non-hydrogen) atoms. The van der Waals surface area contributed by atoms with Crippen LogP contribution in [-0.2, 0) is 0 Å². The number of nitro groups is 1. The van der Waals surface area contributed by atoms with Crippen molar-refractivity contribution in [3.8, 4) is 11.1 Å². The normalized spacial score (nSPS) is 10.3. The molecule has 0 radical (unpaired) electrons. The Hall–Kier alpha value is -2.35. The van der Waals surface area contributed by atoms with Crippen LogP contribution < -0.4 is 5.32 Å². The number of thiophene rings is 1. The van der Waals surface area contributed by atoms with Gasteiger partial charge in [-0.1, -0.05) is 0 Å². The van der Waals surface area contributed by atoms with Gasteiger partial charge in [0.2, 0.25) is 0 Å². The van der Waals surface area contributed by atoms with Crippen LogP contribution in [-0.4, -0.2) is 17.9 Å². The smallest absolute Gasteiger partial charge is 0.277 e. The number of carbonyl (C=O) groups excluding carboxylic acids is 1. The maximum absolute atomic E-state index is 13.6. The van der Waals surface area contributed by atoms with Crippen molar-refractivity contribution < 1.29 is 18.5 Å². The van der Waals surface area contributed by atoms with E-state index in [1.807, 2.05) is 0 Å². The van der Waals surface area contributed by atoms with Crippen molar-refractivity contribution in [2.24, 2.45) is 0 Å². The number of rotatable bonds is 3. The number of hydrogen-bond donors (Lipinski definition) is 1. The second kappa shape index (κ2) is 5.33. The van der Waals surface area contributed by atoms with Crippen LogP contribution in [0.15, 0.2) is 23.6 Å². The van der Waals surface area contributed by atoms with Gasteiger partial charge in [-0.2, -0.15) is 4.39 Å². The first-order valence-electron chi connectivity index (χ1n) is 5.39. The molecule has 0 aliphatic carbocycles. The summed E-state index contributed by atoms with van der Waals surface area (Å²) in [5.41, 5.74) is -1.13. The summed E-state index contributed by atoms with van der Waals surface area (Å²) in [6, 6.07) is 3.38. The van der Waals surface area contributed by atoms with E-state index in [0.29, 0.717) is 11.3 Å². The third-order valence-electron chi connectivity index (χ3n) is 2.65. The molecular formula is C12H8F2N2O3S. The van der Waals surface area contributed by atoms with E-state index in [1.165, 1.54) is 13.1 Å². The Morgan fingerprint density at radius 3 is 2.60 bits per heavy atom. The zero-order valence-electron chi connectivity index (χ0n) is 10.1. The van der Waals surface area contributed by atoms with E-state index < -0.39 is 33.0 Å². The monoisotopic (exact) mass is 298 g/mol. The molecule has 0 spiro atoms. The van der Waals surface area contributed by atoms with Gasteiger partial charge in [0, 0.05) is 24.1 Å². The van der Waals surface area contributed by atoms with Gasteiger partial charge in [0.05, 0.1) is 16.1 Å². The van der Waals surface area contributed by atoms with E-state index in [2.05, 4.69) is 5.32 Å². The Labute approximate surface area is 116 Å². The number of amides is 1. The molecule has 5 nitrogen and oxygen atoms in total. The standard InChI is InChI=1S/C12H8F2N2O3S/c1-15-12(17)6-2-3-9(16(18)19)7(4-6)10-8(13)5-20-11(10)14/h2-5H,1H3,(H,15,17). The minimum atomic E-state index is -0.898. The number of nitrogens with zero attached hydrogens (tertiary/aromatic N) is 1. The molecule has 0 fully saturated rings. The lowest BCUT2D eigenvalue weighted by Crippen LogP contribution is -2.17. The highest BCUT2D eigenvalue weighted by atomic mass is 32.1. The van der Waals surface area contributed by atoms with E-state index in [4.69, 9.17) is 0 Å². The first-order valence-corrected chi connectivity index (χ1v) is 6.27. The highest BCUT2D eigenvalue weighted by Gasteiger charge is 2.24. The summed E-state index contributed by atoms with van der Waals surface area (Å²) < 4.78 is 27.2. The van der Waals surface area contributed by atoms with Gasteiger partial charge in [-0.25, -0.2) is 4.39 Å². The lowest BCUT2D eigenvalue weighted by molar-refractivity contribution is -0.384. The molecular weight excluding hydrogens is 290 g/mol. The Morgan fingerprint density at radius 2 is 2.10 bits per heavy atom. The van der Waals surface area contributed by atoms with E-state index in [1.54, 1.807) is 0 Å². The van der Waals surface area contributed by atoms with Gasteiger partial charge in [-0.3, -0.25) is 14.9 Å². The van der Waals surface area contributed by atoms with Crippen molar-refractivity contribution in [3.63, 3.8) is 0 Å². The van der Waals surface area contributed by atoms with Gasteiger partial charge in [0.1, 0.15) is 5.82 Å². The van der Waals surface area contributed by atoms with Gasteiger partial charge >= 0.3 is 0 Å². The molecule has 2 rings (SSSR count). The lowest BCUT2D eigenvalue weighted by Gasteiger charge is -2.05. The molecule has 1 aromatic carbocycles. The zero-order chi connectivity index (χ0) is 14.9. The molecule has 1 N–H and O–H groups in total.